The minimum Gasteiger partial charge on any atom is 2.00 e. The van der Waals surface area contributed by atoms with Gasteiger partial charge in [-0.3, -0.25) is 0 Å². The molecule has 0 amide bonds. The molecule has 0 aromatic rings. The average molecular weight is 324 g/mol. The summed E-state index contributed by atoms with van der Waals surface area (Å²) in [5.41, 5.74) is 0. The van der Waals surface area contributed by atoms with Crippen molar-refractivity contribution in [2.45, 2.75) is 0 Å². The molecule has 6 nitrogen and oxygen atoms in total. The van der Waals surface area contributed by atoms with E-state index in [1.54, 1.807) is 0 Å². The molecule has 0 bridgehead atoms. The van der Waals surface area contributed by atoms with Crippen molar-refractivity contribution in [3.05, 3.63) is 0 Å². The Hall–Kier alpha value is -1.62. The molecule has 0 N–H and O–H groups in total. The SMILES string of the molecule is N#[C][Fe-2]([C]#N)([C]#N)([C]#N)([C]#N)[C]#N.[Cd+2]. The first-order valence-corrected chi connectivity index (χ1v) is 5.71. The van der Waals surface area contributed by atoms with Gasteiger partial charge in [0.15, 0.2) is 0 Å². The van der Waals surface area contributed by atoms with Crippen LogP contribution in [-0.2, 0) is 38.0 Å². The summed E-state index contributed by atoms with van der Waals surface area (Å²) >= 11 is 0. The standard InChI is InChI=1S/6CN.Cd.Fe/c6*1-2;;/q;;;;;;+2;-2. The normalized spacial score (nSPS) is 12.4. The third-order valence-electron chi connectivity index (χ3n) is 1.19. The molecule has 0 saturated carbocycles. The van der Waals surface area contributed by atoms with Crippen molar-refractivity contribution in [3.8, 4) is 29.8 Å². The molecule has 0 aromatic carbocycles. The van der Waals surface area contributed by atoms with E-state index in [1.807, 2.05) is 0 Å². The van der Waals surface area contributed by atoms with Crippen LogP contribution < -0.4 is 0 Å². The Labute approximate surface area is 98.9 Å². The van der Waals surface area contributed by atoms with Crippen molar-refractivity contribution in [1.82, 2.24) is 0 Å². The molecule has 0 spiro atoms. The summed E-state index contributed by atoms with van der Waals surface area (Å²) in [6, 6.07) is 0. The summed E-state index contributed by atoms with van der Waals surface area (Å²) in [6.45, 7) is 0. The maximum Gasteiger partial charge on any atom is 2.00 e. The minimum atomic E-state index is -6.17. The Kier molecular flexibility index (Phi) is 3.47. The number of hydrogen-bond acceptors (Lipinski definition) is 6. The average Bonchev–Trinajstić information content (AvgIpc) is 2.26. The summed E-state index contributed by atoms with van der Waals surface area (Å²) in [5.74, 6) is 0. The van der Waals surface area contributed by atoms with Crippen LogP contribution in [0.2, 0.25) is 0 Å². The van der Waals surface area contributed by atoms with Crippen LogP contribution in [0.3, 0.4) is 0 Å². The molecular weight excluding hydrogens is 324 g/mol. The molecule has 0 aliphatic heterocycles. The number of hydrogen-bond donors (Lipinski definition) is 0. The molecule has 0 rings (SSSR count). The van der Waals surface area contributed by atoms with Gasteiger partial charge in [-0.25, -0.2) is 0 Å². The van der Waals surface area contributed by atoms with Crippen LogP contribution in [0, 0.1) is 61.4 Å². The zero-order chi connectivity index (χ0) is 10.7. The quantitative estimate of drug-likeness (QED) is 0.578. The van der Waals surface area contributed by atoms with Gasteiger partial charge >= 0.3 is 99.4 Å². The molecule has 0 unspecified atom stereocenters. The van der Waals surface area contributed by atoms with Crippen LogP contribution in [-0.4, -0.2) is 0 Å². The van der Waals surface area contributed by atoms with Gasteiger partial charge in [-0.2, -0.15) is 0 Å². The topological polar surface area (TPSA) is 143 Å². The second-order valence-corrected chi connectivity index (χ2v) is 7.42. The van der Waals surface area contributed by atoms with E-state index in [-0.39, 0.29) is 27.3 Å². The molecule has 0 aliphatic carbocycles. The first-order chi connectivity index (χ1) is 5.97. The van der Waals surface area contributed by atoms with Gasteiger partial charge in [-0.05, 0) is 0 Å². The molecule has 8 heteroatoms. The Balaban J connectivity index is 0. The smallest absolute Gasteiger partial charge is 2.00 e. The Bertz CT molecular complexity index is 392. The molecule has 0 aromatic heterocycles. The second-order valence-electron chi connectivity index (χ2n) is 1.80. The minimum absolute atomic E-state index is 0. The number of nitriles is 6. The third-order valence-corrected chi connectivity index (χ3v) is 4.89. The molecule has 14 heavy (non-hydrogen) atoms. The van der Waals surface area contributed by atoms with Crippen molar-refractivity contribution in [1.29, 1.82) is 31.6 Å². The molecule has 0 radical (unpaired) electrons. The summed E-state index contributed by atoms with van der Waals surface area (Å²) in [6.07, 6.45) is 0. The maximum absolute atomic E-state index is 8.58. The van der Waals surface area contributed by atoms with E-state index in [0.717, 1.165) is 29.8 Å². The van der Waals surface area contributed by atoms with Crippen LogP contribution in [0.4, 0.5) is 0 Å². The Morgan fingerprint density at radius 2 is 0.643 bits per heavy atom. The van der Waals surface area contributed by atoms with Gasteiger partial charge in [0.05, 0.1) is 0 Å². The third kappa shape index (κ3) is 1.13. The van der Waals surface area contributed by atoms with Crippen LogP contribution in [0.25, 0.3) is 0 Å². The van der Waals surface area contributed by atoms with E-state index in [9.17, 15) is 0 Å². The van der Waals surface area contributed by atoms with E-state index >= 15 is 0 Å². The fraction of sp³-hybridized carbons (Fsp3) is 0. The van der Waals surface area contributed by atoms with E-state index < -0.39 is 10.7 Å². The van der Waals surface area contributed by atoms with Crippen LogP contribution in [0.15, 0.2) is 0 Å². The first-order valence-electron chi connectivity index (χ1n) is 2.40. The van der Waals surface area contributed by atoms with Crippen LogP contribution in [0.5, 0.6) is 0 Å². The van der Waals surface area contributed by atoms with Crippen molar-refractivity contribution in [2.75, 3.05) is 0 Å². The molecule has 0 heterocycles. The van der Waals surface area contributed by atoms with Crippen LogP contribution >= 0.6 is 0 Å². The predicted octanol–water partition coefficient (Wildman–Crippen LogP) is 0.0957. The van der Waals surface area contributed by atoms with Gasteiger partial charge in [0.1, 0.15) is 0 Å². The molecule has 0 atom stereocenters. The van der Waals surface area contributed by atoms with Gasteiger partial charge in [0.25, 0.3) is 0 Å². The Morgan fingerprint density at radius 3 is 0.643 bits per heavy atom. The van der Waals surface area contributed by atoms with E-state index in [1.165, 1.54) is 0 Å². The number of nitrogens with zero attached hydrogens (tertiary/aromatic N) is 6. The first kappa shape index (κ1) is 14.9. The molecule has 64 valence electrons. The van der Waals surface area contributed by atoms with E-state index in [2.05, 4.69) is 0 Å². The largest absolute Gasteiger partial charge is 2.00 e. The summed E-state index contributed by atoms with van der Waals surface area (Å²) < 4.78 is 0. The summed E-state index contributed by atoms with van der Waals surface area (Å²) in [5, 5.41) is 51.5. The molecule has 0 saturated heterocycles. The van der Waals surface area contributed by atoms with E-state index in [0.29, 0.717) is 0 Å². The van der Waals surface area contributed by atoms with E-state index in [4.69, 9.17) is 31.6 Å². The molecule has 0 fully saturated rings. The monoisotopic (exact) mass is 326 g/mol. The van der Waals surface area contributed by atoms with Crippen molar-refractivity contribution < 1.29 is 38.0 Å². The Morgan fingerprint density at radius 1 is 0.500 bits per heavy atom. The second kappa shape index (κ2) is 3.27. The molecular formula is C6CdFeN6. The zero-order valence-corrected chi connectivity index (χ0v) is 11.9. The fourth-order valence-electron chi connectivity index (χ4n) is 0.265. The van der Waals surface area contributed by atoms with Gasteiger partial charge in [-0.1, -0.05) is 0 Å². The van der Waals surface area contributed by atoms with Crippen molar-refractivity contribution >= 4 is 0 Å². The van der Waals surface area contributed by atoms with Crippen molar-refractivity contribution in [2.24, 2.45) is 0 Å². The zero-order valence-electron chi connectivity index (χ0n) is 6.74. The van der Waals surface area contributed by atoms with Gasteiger partial charge in [0.2, 0.25) is 0 Å². The fourth-order valence-corrected chi connectivity index (χ4v) is 1.09. The number of rotatable bonds is 0. The maximum atomic E-state index is 8.58. The predicted molar refractivity (Wildman–Crippen MR) is 33.7 cm³/mol. The van der Waals surface area contributed by atoms with Gasteiger partial charge in [0, 0.05) is 0 Å². The molecule has 0 aliphatic rings. The van der Waals surface area contributed by atoms with Crippen molar-refractivity contribution in [3.63, 3.8) is 0 Å². The van der Waals surface area contributed by atoms with Crippen LogP contribution in [0.1, 0.15) is 0 Å². The summed E-state index contributed by atoms with van der Waals surface area (Å²) in [4.78, 5) is 6.19. The van der Waals surface area contributed by atoms with Gasteiger partial charge in [-0.15, -0.1) is 0 Å². The van der Waals surface area contributed by atoms with Gasteiger partial charge < -0.3 is 0 Å². The summed E-state index contributed by atoms with van der Waals surface area (Å²) in [7, 11) is -6.17.